The van der Waals surface area contributed by atoms with Crippen LogP contribution in [0.4, 0.5) is 0 Å². The molecule has 9 nitrogen and oxygen atoms in total. The predicted molar refractivity (Wildman–Crippen MR) is 144 cm³/mol. The highest BCUT2D eigenvalue weighted by Gasteiger charge is 2.30. The third-order valence-electron chi connectivity index (χ3n) is 7.78. The fourth-order valence-electron chi connectivity index (χ4n) is 5.76. The minimum absolute atomic E-state index is 0.0243. The van der Waals surface area contributed by atoms with Gasteiger partial charge in [-0.05, 0) is 54.3 Å². The molecule has 2 aromatic heterocycles. The number of rotatable bonds is 9. The van der Waals surface area contributed by atoms with Crippen molar-refractivity contribution in [3.8, 4) is 11.5 Å². The van der Waals surface area contributed by atoms with Gasteiger partial charge in [0.25, 0.3) is 5.56 Å². The largest absolute Gasteiger partial charge is 0.454 e. The zero-order chi connectivity index (χ0) is 26.1. The van der Waals surface area contributed by atoms with E-state index < -0.39 is 0 Å². The molecule has 0 saturated heterocycles. The molecule has 2 aromatic carbocycles. The van der Waals surface area contributed by atoms with Gasteiger partial charge >= 0.3 is 0 Å². The minimum Gasteiger partial charge on any atom is -0.454 e. The lowest BCUT2D eigenvalue weighted by atomic mass is 10.0. The summed E-state index contributed by atoms with van der Waals surface area (Å²) in [5, 5.41) is 14.0. The molecule has 1 unspecified atom stereocenters. The van der Waals surface area contributed by atoms with Gasteiger partial charge in [-0.25, -0.2) is 4.68 Å². The molecule has 3 heterocycles. The summed E-state index contributed by atoms with van der Waals surface area (Å²) >= 11 is 0. The number of hydrogen-bond acceptors (Lipinski definition) is 7. The lowest BCUT2D eigenvalue weighted by Gasteiger charge is -2.31. The van der Waals surface area contributed by atoms with E-state index in [0.29, 0.717) is 36.2 Å². The normalized spacial score (nSPS) is 16.1. The van der Waals surface area contributed by atoms with Crippen molar-refractivity contribution in [3.05, 3.63) is 75.3 Å². The van der Waals surface area contributed by atoms with Crippen LogP contribution >= 0.6 is 0 Å². The molecule has 1 saturated carbocycles. The minimum atomic E-state index is -0.101. The molecular formula is C29H34N6O3. The Morgan fingerprint density at radius 2 is 1.84 bits per heavy atom. The van der Waals surface area contributed by atoms with Crippen LogP contribution in [0, 0.1) is 6.92 Å². The average Bonchev–Trinajstić information content (AvgIpc) is 3.69. The second-order valence-corrected chi connectivity index (χ2v) is 10.5. The number of H-pyrrole nitrogens is 1. The summed E-state index contributed by atoms with van der Waals surface area (Å²) in [5.74, 6) is 2.25. The van der Waals surface area contributed by atoms with Gasteiger partial charge in [0.2, 0.25) is 6.79 Å². The van der Waals surface area contributed by atoms with Crippen molar-refractivity contribution in [2.75, 3.05) is 6.79 Å². The van der Waals surface area contributed by atoms with Crippen LogP contribution < -0.4 is 15.0 Å². The van der Waals surface area contributed by atoms with Gasteiger partial charge in [0.05, 0.1) is 17.6 Å². The number of benzene rings is 2. The number of nitrogens with one attached hydrogen (secondary N) is 1. The number of aryl methyl sites for hydroxylation is 1. The zero-order valence-electron chi connectivity index (χ0n) is 22.0. The second-order valence-electron chi connectivity index (χ2n) is 10.5. The van der Waals surface area contributed by atoms with Crippen LogP contribution in [0.3, 0.4) is 0 Å². The highest BCUT2D eigenvalue weighted by Crippen LogP contribution is 2.36. The van der Waals surface area contributed by atoms with Gasteiger partial charge in [0.15, 0.2) is 17.3 Å². The molecule has 0 spiro atoms. The van der Waals surface area contributed by atoms with Crippen LogP contribution in [-0.4, -0.2) is 36.9 Å². The maximum absolute atomic E-state index is 13.3. The summed E-state index contributed by atoms with van der Waals surface area (Å²) in [6.07, 6.45) is 6.50. The number of fused-ring (bicyclic) bond motifs is 2. The summed E-state index contributed by atoms with van der Waals surface area (Å²) in [6, 6.07) is 14.7. The van der Waals surface area contributed by atoms with Gasteiger partial charge in [0.1, 0.15) is 0 Å². The summed E-state index contributed by atoms with van der Waals surface area (Å²) in [6.45, 7) is 5.63. The maximum Gasteiger partial charge on any atom is 0.252 e. The predicted octanol–water partition coefficient (Wildman–Crippen LogP) is 5.21. The summed E-state index contributed by atoms with van der Waals surface area (Å²) in [5.41, 5.74) is 3.75. The number of pyridine rings is 1. The average molecular weight is 515 g/mol. The quantitative estimate of drug-likeness (QED) is 0.327. The van der Waals surface area contributed by atoms with Crippen molar-refractivity contribution in [2.45, 2.75) is 77.5 Å². The molecule has 0 radical (unpaired) electrons. The molecule has 6 rings (SSSR count). The van der Waals surface area contributed by atoms with Gasteiger partial charge in [-0.1, -0.05) is 56.0 Å². The van der Waals surface area contributed by atoms with Crippen molar-refractivity contribution in [1.29, 1.82) is 0 Å². The summed E-state index contributed by atoms with van der Waals surface area (Å²) < 4.78 is 13.1. The number of nitrogens with zero attached hydrogens (tertiary/aromatic N) is 5. The number of aromatic nitrogens is 5. The van der Waals surface area contributed by atoms with Crippen LogP contribution in [0.15, 0.2) is 47.3 Å². The van der Waals surface area contributed by atoms with Gasteiger partial charge in [-0.2, -0.15) is 0 Å². The van der Waals surface area contributed by atoms with E-state index >= 15 is 0 Å². The molecule has 198 valence electrons. The molecule has 1 N–H and O–H groups in total. The molecule has 0 amide bonds. The topological polar surface area (TPSA) is 98.2 Å². The van der Waals surface area contributed by atoms with Crippen molar-refractivity contribution >= 4 is 10.9 Å². The molecule has 38 heavy (non-hydrogen) atoms. The van der Waals surface area contributed by atoms with Crippen molar-refractivity contribution in [3.63, 3.8) is 0 Å². The standard InChI is InChI=1S/C29H34N6O3/c1-3-6-25(28-31-32-33-35(28)23-7-4-5-8-23)34(16-20-11-9-19(2)10-12-20)17-22-13-21-14-26-27(38-18-37-26)15-24(21)30-29(22)36/h9-15,23,25H,3-8,16-18H2,1-2H3,(H,30,36). The molecule has 2 aliphatic rings. The molecule has 0 bridgehead atoms. The van der Waals surface area contributed by atoms with E-state index in [9.17, 15) is 4.79 Å². The molecule has 1 aliphatic heterocycles. The maximum atomic E-state index is 13.3. The summed E-state index contributed by atoms with van der Waals surface area (Å²) in [7, 11) is 0. The van der Waals surface area contributed by atoms with E-state index in [1.807, 2.05) is 18.2 Å². The lowest BCUT2D eigenvalue weighted by Crippen LogP contribution is -2.33. The third-order valence-corrected chi connectivity index (χ3v) is 7.78. The van der Waals surface area contributed by atoms with Gasteiger partial charge in [-0.15, -0.1) is 5.10 Å². The fourth-order valence-corrected chi connectivity index (χ4v) is 5.76. The first-order chi connectivity index (χ1) is 18.6. The molecule has 4 aromatic rings. The van der Waals surface area contributed by atoms with Crippen LogP contribution in [0.1, 0.15) is 80.0 Å². The Balaban J connectivity index is 1.39. The van der Waals surface area contributed by atoms with E-state index in [0.717, 1.165) is 42.4 Å². The number of hydrogen-bond donors (Lipinski definition) is 1. The highest BCUT2D eigenvalue weighted by molar-refractivity contribution is 5.83. The lowest BCUT2D eigenvalue weighted by molar-refractivity contribution is 0.153. The first-order valence-electron chi connectivity index (χ1n) is 13.6. The Labute approximate surface area is 221 Å². The molecule has 9 heteroatoms. The van der Waals surface area contributed by atoms with E-state index in [-0.39, 0.29) is 18.4 Å². The molecular weight excluding hydrogens is 480 g/mol. The zero-order valence-corrected chi connectivity index (χ0v) is 22.0. The van der Waals surface area contributed by atoms with E-state index in [1.54, 1.807) is 0 Å². The van der Waals surface area contributed by atoms with Gasteiger partial charge in [0, 0.05) is 30.1 Å². The van der Waals surface area contributed by atoms with Gasteiger partial charge < -0.3 is 14.5 Å². The van der Waals surface area contributed by atoms with Crippen LogP contribution in [0.25, 0.3) is 10.9 Å². The van der Waals surface area contributed by atoms with Crippen LogP contribution in [0.2, 0.25) is 0 Å². The van der Waals surface area contributed by atoms with E-state index in [1.165, 1.54) is 24.0 Å². The Hall–Kier alpha value is -3.72. The fraction of sp³-hybridized carbons (Fsp3) is 0.448. The van der Waals surface area contributed by atoms with Crippen molar-refractivity contribution in [1.82, 2.24) is 30.1 Å². The first-order valence-corrected chi connectivity index (χ1v) is 13.6. The van der Waals surface area contributed by atoms with Crippen LogP contribution in [-0.2, 0) is 13.1 Å². The number of tetrazole rings is 1. The molecule has 1 fully saturated rings. The monoisotopic (exact) mass is 514 g/mol. The van der Waals surface area contributed by atoms with Crippen molar-refractivity contribution < 1.29 is 9.47 Å². The van der Waals surface area contributed by atoms with E-state index in [4.69, 9.17) is 9.47 Å². The third kappa shape index (κ3) is 4.90. The molecule has 1 atom stereocenters. The molecule has 1 aliphatic carbocycles. The Bertz CT molecular complexity index is 1470. The Kier molecular flexibility index (Phi) is 6.84. The second kappa shape index (κ2) is 10.6. The highest BCUT2D eigenvalue weighted by atomic mass is 16.7. The van der Waals surface area contributed by atoms with Gasteiger partial charge in [-0.3, -0.25) is 9.69 Å². The van der Waals surface area contributed by atoms with Crippen LogP contribution in [0.5, 0.6) is 11.5 Å². The summed E-state index contributed by atoms with van der Waals surface area (Å²) in [4.78, 5) is 18.7. The first kappa shape index (κ1) is 24.6. The Morgan fingerprint density at radius 3 is 2.61 bits per heavy atom. The smallest absolute Gasteiger partial charge is 0.252 e. The van der Waals surface area contributed by atoms with Crippen molar-refractivity contribution in [2.24, 2.45) is 0 Å². The number of aromatic amines is 1. The number of ether oxygens (including phenoxy) is 2. The Morgan fingerprint density at radius 1 is 1.08 bits per heavy atom. The van der Waals surface area contributed by atoms with E-state index in [2.05, 4.69) is 68.2 Å². The SMILES string of the molecule is CCCC(c1nnnn1C1CCCC1)N(Cc1ccc(C)cc1)Cc1cc2cc3c(cc2[nH]c1=O)OCO3.